The lowest BCUT2D eigenvalue weighted by Crippen LogP contribution is -2.28. The van der Waals surface area contributed by atoms with E-state index in [-0.39, 0.29) is 35.9 Å². The van der Waals surface area contributed by atoms with Crippen molar-refractivity contribution < 1.29 is 18.7 Å². The summed E-state index contributed by atoms with van der Waals surface area (Å²) in [7, 11) is 0. The number of nitrogens with zero attached hydrogens (tertiary/aromatic N) is 1. The van der Waals surface area contributed by atoms with Crippen LogP contribution in [0, 0.1) is 11.7 Å². The molecular formula is C20H20ClFN2O3. The molecule has 1 heterocycles. The Balaban J connectivity index is 1.65. The number of halogens is 2. The van der Waals surface area contributed by atoms with Crippen LogP contribution in [0.5, 0.6) is 5.75 Å². The number of amides is 2. The quantitative estimate of drug-likeness (QED) is 0.829. The van der Waals surface area contributed by atoms with Gasteiger partial charge in [-0.05, 0) is 56.3 Å². The number of carbonyl (C=O) groups excluding carboxylic acids is 2. The average molecular weight is 391 g/mol. The third kappa shape index (κ3) is 4.57. The zero-order valence-corrected chi connectivity index (χ0v) is 15.8. The Morgan fingerprint density at radius 2 is 1.96 bits per heavy atom. The van der Waals surface area contributed by atoms with Gasteiger partial charge in [0.1, 0.15) is 11.6 Å². The highest BCUT2D eigenvalue weighted by Gasteiger charge is 2.35. The van der Waals surface area contributed by atoms with Crippen molar-refractivity contribution in [3.05, 3.63) is 53.3 Å². The maximum Gasteiger partial charge on any atom is 0.229 e. The first-order valence-corrected chi connectivity index (χ1v) is 9.04. The number of anilines is 2. The van der Waals surface area contributed by atoms with Crippen LogP contribution in [-0.2, 0) is 9.59 Å². The van der Waals surface area contributed by atoms with Crippen LogP contribution in [-0.4, -0.2) is 24.5 Å². The number of nitrogens with one attached hydrogen (secondary N) is 1. The molecule has 2 amide bonds. The highest BCUT2D eigenvalue weighted by molar-refractivity contribution is 6.31. The van der Waals surface area contributed by atoms with Gasteiger partial charge in [-0.1, -0.05) is 11.6 Å². The number of hydrogen-bond acceptors (Lipinski definition) is 3. The molecule has 1 unspecified atom stereocenters. The first kappa shape index (κ1) is 19.2. The third-order valence-corrected chi connectivity index (χ3v) is 4.49. The van der Waals surface area contributed by atoms with Gasteiger partial charge in [0, 0.05) is 24.3 Å². The molecule has 5 nitrogen and oxygen atoms in total. The summed E-state index contributed by atoms with van der Waals surface area (Å²) in [5.41, 5.74) is 1.11. The Bertz CT molecular complexity index is 855. The number of carbonyl (C=O) groups is 2. The zero-order chi connectivity index (χ0) is 19.6. The van der Waals surface area contributed by atoms with Crippen molar-refractivity contribution in [2.24, 2.45) is 5.92 Å². The molecule has 0 radical (unpaired) electrons. The van der Waals surface area contributed by atoms with Crippen LogP contribution >= 0.6 is 11.6 Å². The Hall–Kier alpha value is -2.60. The fourth-order valence-corrected chi connectivity index (χ4v) is 3.11. The number of benzene rings is 2. The predicted molar refractivity (Wildman–Crippen MR) is 103 cm³/mol. The minimum Gasteiger partial charge on any atom is -0.491 e. The van der Waals surface area contributed by atoms with Gasteiger partial charge in [-0.25, -0.2) is 4.39 Å². The van der Waals surface area contributed by atoms with Gasteiger partial charge in [-0.3, -0.25) is 9.59 Å². The Morgan fingerprint density at radius 3 is 2.59 bits per heavy atom. The van der Waals surface area contributed by atoms with E-state index in [1.54, 1.807) is 29.2 Å². The van der Waals surface area contributed by atoms with Gasteiger partial charge in [-0.2, -0.15) is 0 Å². The van der Waals surface area contributed by atoms with E-state index in [1.165, 1.54) is 18.2 Å². The van der Waals surface area contributed by atoms with Crippen molar-refractivity contribution in [1.82, 2.24) is 0 Å². The van der Waals surface area contributed by atoms with Crippen LogP contribution in [0.4, 0.5) is 15.8 Å². The van der Waals surface area contributed by atoms with Crippen LogP contribution < -0.4 is 15.0 Å². The Labute approximate surface area is 162 Å². The molecule has 27 heavy (non-hydrogen) atoms. The number of rotatable bonds is 5. The summed E-state index contributed by atoms with van der Waals surface area (Å²) in [4.78, 5) is 26.4. The maximum absolute atomic E-state index is 13.2. The van der Waals surface area contributed by atoms with Crippen molar-refractivity contribution in [3.8, 4) is 5.75 Å². The lowest BCUT2D eigenvalue weighted by Gasteiger charge is -2.18. The predicted octanol–water partition coefficient (Wildman–Crippen LogP) is 4.26. The third-order valence-electron chi connectivity index (χ3n) is 4.20. The fraction of sp³-hybridized carbons (Fsp3) is 0.300. The molecule has 1 N–H and O–H groups in total. The van der Waals surface area contributed by atoms with Gasteiger partial charge in [0.25, 0.3) is 0 Å². The topological polar surface area (TPSA) is 58.6 Å². The van der Waals surface area contributed by atoms with Gasteiger partial charge < -0.3 is 15.0 Å². The first-order chi connectivity index (χ1) is 12.8. The standard InChI is InChI=1S/C20H20ClFN2O3/c1-12(2)27-16-6-4-15(5-7-16)24-11-13(9-19(24)25)20(26)23-14-3-8-18(22)17(21)10-14/h3-8,10,12-13H,9,11H2,1-2H3,(H,23,26). The molecule has 3 rings (SSSR count). The van der Waals surface area contributed by atoms with E-state index in [9.17, 15) is 14.0 Å². The monoisotopic (exact) mass is 390 g/mol. The van der Waals surface area contributed by atoms with Crippen LogP contribution in [0.15, 0.2) is 42.5 Å². The lowest BCUT2D eigenvalue weighted by molar-refractivity contribution is -0.122. The van der Waals surface area contributed by atoms with Gasteiger partial charge in [0.2, 0.25) is 11.8 Å². The van der Waals surface area contributed by atoms with Crippen LogP contribution in [0.25, 0.3) is 0 Å². The maximum atomic E-state index is 13.2. The zero-order valence-electron chi connectivity index (χ0n) is 15.0. The van der Waals surface area contributed by atoms with E-state index in [4.69, 9.17) is 16.3 Å². The molecule has 1 fully saturated rings. The number of ether oxygens (including phenoxy) is 1. The van der Waals surface area contributed by atoms with Gasteiger partial charge in [0.15, 0.2) is 0 Å². The summed E-state index contributed by atoms with van der Waals surface area (Å²) < 4.78 is 18.8. The van der Waals surface area contributed by atoms with E-state index >= 15 is 0 Å². The summed E-state index contributed by atoms with van der Waals surface area (Å²) in [6.45, 7) is 4.16. The van der Waals surface area contributed by atoms with E-state index in [2.05, 4.69) is 5.32 Å². The molecule has 142 valence electrons. The highest BCUT2D eigenvalue weighted by atomic mass is 35.5. The molecule has 0 spiro atoms. The summed E-state index contributed by atoms with van der Waals surface area (Å²) in [6.07, 6.45) is 0.183. The molecule has 1 aliphatic heterocycles. The van der Waals surface area contributed by atoms with E-state index in [0.717, 1.165) is 11.4 Å². The molecule has 0 bridgehead atoms. The van der Waals surface area contributed by atoms with Crippen molar-refractivity contribution in [1.29, 1.82) is 0 Å². The molecule has 1 aliphatic rings. The summed E-state index contributed by atoms with van der Waals surface area (Å²) in [5.74, 6) is -0.740. The molecule has 0 aliphatic carbocycles. The van der Waals surface area contributed by atoms with Crippen molar-refractivity contribution in [2.75, 3.05) is 16.8 Å². The molecular weight excluding hydrogens is 371 g/mol. The van der Waals surface area contributed by atoms with Gasteiger partial charge >= 0.3 is 0 Å². The normalized spacial score (nSPS) is 16.7. The highest BCUT2D eigenvalue weighted by Crippen LogP contribution is 2.28. The molecule has 7 heteroatoms. The van der Waals surface area contributed by atoms with Crippen molar-refractivity contribution in [2.45, 2.75) is 26.4 Å². The van der Waals surface area contributed by atoms with E-state index in [0.29, 0.717) is 5.69 Å². The minimum absolute atomic E-state index is 0.0670. The minimum atomic E-state index is -0.554. The average Bonchev–Trinajstić information content (AvgIpc) is 3.00. The van der Waals surface area contributed by atoms with Crippen LogP contribution in [0.3, 0.4) is 0 Å². The van der Waals surface area contributed by atoms with Gasteiger partial charge in [0.05, 0.1) is 17.0 Å². The smallest absolute Gasteiger partial charge is 0.229 e. The Kier molecular flexibility index (Phi) is 5.65. The Morgan fingerprint density at radius 1 is 1.26 bits per heavy atom. The molecule has 0 aromatic heterocycles. The van der Waals surface area contributed by atoms with Gasteiger partial charge in [-0.15, -0.1) is 0 Å². The lowest BCUT2D eigenvalue weighted by atomic mass is 10.1. The van der Waals surface area contributed by atoms with Crippen molar-refractivity contribution >= 4 is 34.8 Å². The molecule has 2 aromatic carbocycles. The largest absolute Gasteiger partial charge is 0.491 e. The summed E-state index contributed by atoms with van der Waals surface area (Å²) in [5, 5.41) is 2.62. The SMILES string of the molecule is CC(C)Oc1ccc(N2CC(C(=O)Nc3ccc(F)c(Cl)c3)CC2=O)cc1. The second-order valence-corrected chi connectivity index (χ2v) is 7.09. The molecule has 1 atom stereocenters. The second kappa shape index (κ2) is 7.96. The second-order valence-electron chi connectivity index (χ2n) is 6.68. The van der Waals surface area contributed by atoms with E-state index < -0.39 is 11.7 Å². The van der Waals surface area contributed by atoms with Crippen molar-refractivity contribution in [3.63, 3.8) is 0 Å². The van der Waals surface area contributed by atoms with Crippen LogP contribution in [0.1, 0.15) is 20.3 Å². The molecule has 2 aromatic rings. The summed E-state index contributed by atoms with van der Waals surface area (Å²) in [6, 6.07) is 11.2. The molecule has 0 saturated carbocycles. The fourth-order valence-electron chi connectivity index (χ4n) is 2.93. The molecule has 1 saturated heterocycles. The van der Waals surface area contributed by atoms with Crippen LogP contribution in [0.2, 0.25) is 5.02 Å². The number of hydrogen-bond donors (Lipinski definition) is 1. The summed E-state index contributed by atoms with van der Waals surface area (Å²) >= 11 is 5.73. The first-order valence-electron chi connectivity index (χ1n) is 8.66. The van der Waals surface area contributed by atoms with E-state index in [1.807, 2.05) is 13.8 Å².